The Bertz CT molecular complexity index is 570. The van der Waals surface area contributed by atoms with E-state index >= 15 is 0 Å². The number of halogens is 2. The third kappa shape index (κ3) is 3.00. The molecule has 0 aliphatic heterocycles. The predicted molar refractivity (Wildman–Crippen MR) is 72.7 cm³/mol. The number of carbonyl (C=O) groups is 1. The summed E-state index contributed by atoms with van der Waals surface area (Å²) < 4.78 is 5.75. The molecule has 1 amide bonds. The van der Waals surface area contributed by atoms with Crippen LogP contribution in [0.4, 0.5) is 4.79 Å². The van der Waals surface area contributed by atoms with E-state index in [0.717, 1.165) is 14.9 Å². The second-order valence-electron chi connectivity index (χ2n) is 3.19. The second kappa shape index (κ2) is 5.08. The van der Waals surface area contributed by atoms with Crippen molar-refractivity contribution in [1.82, 2.24) is 0 Å². The average Bonchev–Trinajstić information content (AvgIpc) is 2.64. The Morgan fingerprint density at radius 1 is 1.41 bits per heavy atom. The summed E-state index contributed by atoms with van der Waals surface area (Å²) in [5, 5.41) is 2.48. The lowest BCUT2D eigenvalue weighted by Gasteiger charge is -2.04. The normalized spacial score (nSPS) is 10.2. The molecule has 0 unspecified atom stereocenters. The summed E-state index contributed by atoms with van der Waals surface area (Å²) in [5.74, 6) is 0.335. The molecule has 1 heterocycles. The molecule has 2 N–H and O–H groups in total. The summed E-state index contributed by atoms with van der Waals surface area (Å²) >= 11 is 11.1. The molecule has 17 heavy (non-hydrogen) atoms. The molecular weight excluding hydrogens is 326 g/mol. The Kier molecular flexibility index (Phi) is 3.71. The van der Waals surface area contributed by atoms with E-state index in [4.69, 9.17) is 22.1 Å². The van der Waals surface area contributed by atoms with Gasteiger partial charge in [-0.1, -0.05) is 11.6 Å². The first-order chi connectivity index (χ1) is 8.06. The monoisotopic (exact) mass is 331 g/mol. The lowest BCUT2D eigenvalue weighted by atomic mass is 10.2. The summed E-state index contributed by atoms with van der Waals surface area (Å²) in [6.07, 6.45) is -0.854. The Labute approximate surface area is 115 Å². The smallest absolute Gasteiger partial charge is 0.409 e. The van der Waals surface area contributed by atoms with E-state index < -0.39 is 6.09 Å². The fourth-order valence-corrected chi connectivity index (χ4v) is 3.13. The van der Waals surface area contributed by atoms with E-state index in [1.54, 1.807) is 29.5 Å². The molecule has 1 aromatic carbocycles. The molecule has 0 aliphatic rings. The van der Waals surface area contributed by atoms with Gasteiger partial charge in [-0.25, -0.2) is 4.79 Å². The van der Waals surface area contributed by atoms with Crippen molar-refractivity contribution in [2.75, 3.05) is 0 Å². The quantitative estimate of drug-likeness (QED) is 0.892. The first kappa shape index (κ1) is 12.4. The zero-order chi connectivity index (χ0) is 12.4. The van der Waals surface area contributed by atoms with Crippen molar-refractivity contribution in [2.24, 2.45) is 5.73 Å². The first-order valence-electron chi connectivity index (χ1n) is 4.57. The van der Waals surface area contributed by atoms with Gasteiger partial charge in [-0.2, -0.15) is 0 Å². The van der Waals surface area contributed by atoms with Gasteiger partial charge in [0, 0.05) is 26.4 Å². The Morgan fingerprint density at radius 2 is 2.18 bits per heavy atom. The van der Waals surface area contributed by atoms with Gasteiger partial charge in [0.2, 0.25) is 0 Å². The molecule has 0 fully saturated rings. The first-order valence-corrected chi connectivity index (χ1v) is 6.62. The van der Waals surface area contributed by atoms with Crippen LogP contribution in [-0.4, -0.2) is 6.09 Å². The molecule has 0 aliphatic carbocycles. The SMILES string of the molecule is NC(=O)Oc1ccc(-c2cc(Br)cs2)c(Cl)c1. The van der Waals surface area contributed by atoms with Crippen LogP contribution in [0.15, 0.2) is 34.1 Å². The third-order valence-corrected chi connectivity index (χ3v) is 4.03. The zero-order valence-corrected chi connectivity index (χ0v) is 11.6. The molecule has 0 saturated carbocycles. The van der Waals surface area contributed by atoms with Crippen LogP contribution < -0.4 is 10.5 Å². The van der Waals surface area contributed by atoms with Crippen LogP contribution in [-0.2, 0) is 0 Å². The second-order valence-corrected chi connectivity index (χ2v) is 5.43. The molecule has 1 aromatic heterocycles. The van der Waals surface area contributed by atoms with Crippen molar-refractivity contribution in [3.63, 3.8) is 0 Å². The van der Waals surface area contributed by atoms with E-state index in [-0.39, 0.29) is 0 Å². The minimum absolute atomic E-state index is 0.335. The minimum atomic E-state index is -0.854. The Morgan fingerprint density at radius 3 is 2.71 bits per heavy atom. The number of hydrogen-bond donors (Lipinski definition) is 1. The van der Waals surface area contributed by atoms with Crippen molar-refractivity contribution in [2.45, 2.75) is 0 Å². The number of carbonyl (C=O) groups excluding carboxylic acids is 1. The molecule has 6 heteroatoms. The highest BCUT2D eigenvalue weighted by Gasteiger charge is 2.08. The number of rotatable bonds is 2. The van der Waals surface area contributed by atoms with Gasteiger partial charge in [0.15, 0.2) is 0 Å². The number of nitrogens with two attached hydrogens (primary N) is 1. The lowest BCUT2D eigenvalue weighted by Crippen LogP contribution is -2.16. The third-order valence-electron chi connectivity index (χ3n) is 1.99. The van der Waals surface area contributed by atoms with E-state index in [1.165, 1.54) is 0 Å². The molecule has 0 bridgehead atoms. The highest BCUT2D eigenvalue weighted by atomic mass is 79.9. The number of amides is 1. The maximum Gasteiger partial charge on any atom is 0.409 e. The molecule has 2 aromatic rings. The number of ether oxygens (including phenoxy) is 1. The van der Waals surface area contributed by atoms with Crippen molar-refractivity contribution >= 4 is 45.0 Å². The summed E-state index contributed by atoms with van der Waals surface area (Å²) in [7, 11) is 0. The number of primary amides is 1. The number of benzene rings is 1. The molecule has 2 rings (SSSR count). The highest BCUT2D eigenvalue weighted by molar-refractivity contribution is 9.10. The van der Waals surface area contributed by atoms with Gasteiger partial charge in [0.1, 0.15) is 5.75 Å². The number of hydrogen-bond acceptors (Lipinski definition) is 3. The molecular formula is C11H7BrClNO2S. The van der Waals surface area contributed by atoms with Gasteiger partial charge in [-0.15, -0.1) is 11.3 Å². The maximum atomic E-state index is 10.6. The molecule has 0 saturated heterocycles. The number of thiophene rings is 1. The Balaban J connectivity index is 2.34. The van der Waals surface area contributed by atoms with Crippen molar-refractivity contribution in [1.29, 1.82) is 0 Å². The van der Waals surface area contributed by atoms with Crippen LogP contribution in [0.5, 0.6) is 5.75 Å². The van der Waals surface area contributed by atoms with Gasteiger partial charge in [-0.05, 0) is 34.1 Å². The Hall–Kier alpha value is -1.04. The summed E-state index contributed by atoms with van der Waals surface area (Å²) in [5.41, 5.74) is 5.81. The highest BCUT2D eigenvalue weighted by Crippen LogP contribution is 2.36. The van der Waals surface area contributed by atoms with Gasteiger partial charge in [-0.3, -0.25) is 0 Å². The standard InChI is InChI=1S/C11H7BrClNO2S/c12-6-3-10(17-5-6)8-2-1-7(4-9(8)13)16-11(14)15/h1-5H,(H2,14,15). The van der Waals surface area contributed by atoms with Crippen LogP contribution >= 0.6 is 38.9 Å². The van der Waals surface area contributed by atoms with Gasteiger partial charge >= 0.3 is 6.09 Å². The van der Waals surface area contributed by atoms with Crippen LogP contribution in [0, 0.1) is 0 Å². The van der Waals surface area contributed by atoms with Crippen molar-refractivity contribution < 1.29 is 9.53 Å². The van der Waals surface area contributed by atoms with E-state index in [0.29, 0.717) is 10.8 Å². The fraction of sp³-hybridized carbons (Fsp3) is 0. The van der Waals surface area contributed by atoms with E-state index in [1.807, 2.05) is 11.4 Å². The van der Waals surface area contributed by atoms with Gasteiger partial charge in [0.05, 0.1) is 5.02 Å². The summed E-state index contributed by atoms with van der Waals surface area (Å²) in [6, 6.07) is 6.98. The van der Waals surface area contributed by atoms with E-state index in [2.05, 4.69) is 15.9 Å². The molecule has 88 valence electrons. The lowest BCUT2D eigenvalue weighted by molar-refractivity contribution is 0.211. The van der Waals surface area contributed by atoms with Crippen LogP contribution in [0.3, 0.4) is 0 Å². The van der Waals surface area contributed by atoms with Crippen LogP contribution in [0.25, 0.3) is 10.4 Å². The summed E-state index contributed by atoms with van der Waals surface area (Å²) in [6.45, 7) is 0. The maximum absolute atomic E-state index is 10.6. The average molecular weight is 333 g/mol. The van der Waals surface area contributed by atoms with Gasteiger partial charge in [0.25, 0.3) is 0 Å². The molecule has 3 nitrogen and oxygen atoms in total. The largest absolute Gasteiger partial charge is 0.410 e. The topological polar surface area (TPSA) is 52.3 Å². The molecule has 0 radical (unpaired) electrons. The van der Waals surface area contributed by atoms with Crippen LogP contribution in [0.1, 0.15) is 0 Å². The van der Waals surface area contributed by atoms with Crippen molar-refractivity contribution in [3.8, 4) is 16.2 Å². The summed E-state index contributed by atoms with van der Waals surface area (Å²) in [4.78, 5) is 11.6. The fourth-order valence-electron chi connectivity index (χ4n) is 1.33. The molecule has 0 atom stereocenters. The zero-order valence-electron chi connectivity index (χ0n) is 8.44. The van der Waals surface area contributed by atoms with Crippen LogP contribution in [0.2, 0.25) is 5.02 Å². The van der Waals surface area contributed by atoms with Crippen molar-refractivity contribution in [3.05, 3.63) is 39.1 Å². The molecule has 0 spiro atoms. The van der Waals surface area contributed by atoms with E-state index in [9.17, 15) is 4.79 Å². The predicted octanol–water partition coefficient (Wildman–Crippen LogP) is 4.29. The van der Waals surface area contributed by atoms with Gasteiger partial charge < -0.3 is 10.5 Å². The minimum Gasteiger partial charge on any atom is -0.410 e.